The highest BCUT2D eigenvalue weighted by Gasteiger charge is 2.23. The highest BCUT2D eigenvalue weighted by atomic mass is 16.6. The molecule has 0 aromatic heterocycles. The number of carbonyl (C=O) groups excluding carboxylic acids is 2. The molecule has 0 unspecified atom stereocenters. The average Bonchev–Trinajstić information content (AvgIpc) is 3.03. The molecule has 0 spiro atoms. The maximum atomic E-state index is 13.3. The third-order valence-corrected chi connectivity index (χ3v) is 7.26. The van der Waals surface area contributed by atoms with E-state index >= 15 is 0 Å². The molecular formula is C35H43N2O6+. The summed E-state index contributed by atoms with van der Waals surface area (Å²) in [7, 11) is 1.00. The van der Waals surface area contributed by atoms with Gasteiger partial charge in [0, 0.05) is 60.1 Å². The number of nitrogens with zero attached hydrogens (tertiary/aromatic N) is 2. The minimum atomic E-state index is -0.513. The molecule has 4 rings (SSSR count). The Bertz CT molecular complexity index is 1610. The third-order valence-electron chi connectivity index (χ3n) is 7.26. The van der Waals surface area contributed by atoms with E-state index in [0.717, 1.165) is 77.8 Å². The second kappa shape index (κ2) is 15.7. The number of hydrogen-bond donors (Lipinski definition) is 1. The lowest BCUT2D eigenvalue weighted by Crippen LogP contribution is -2.29. The molecule has 0 bridgehead atoms. The Kier molecular flexibility index (Phi) is 12.1. The molecule has 2 aromatic rings. The lowest BCUT2D eigenvalue weighted by molar-refractivity contribution is -0.140. The first kappa shape index (κ1) is 33.1. The van der Waals surface area contributed by atoms with E-state index in [1.54, 1.807) is 13.0 Å². The van der Waals surface area contributed by atoms with Crippen molar-refractivity contribution in [1.82, 2.24) is 4.58 Å². The van der Waals surface area contributed by atoms with E-state index in [0.29, 0.717) is 11.1 Å². The lowest BCUT2D eigenvalue weighted by atomic mass is 9.90. The van der Waals surface area contributed by atoms with Crippen molar-refractivity contribution < 1.29 is 28.6 Å². The maximum Gasteiger partial charge on any atom is 0.338 e. The fourth-order valence-electron chi connectivity index (χ4n) is 5.08. The summed E-state index contributed by atoms with van der Waals surface area (Å²) in [5.41, 5.74) is 5.08. The van der Waals surface area contributed by atoms with Gasteiger partial charge in [0.1, 0.15) is 37.6 Å². The molecule has 1 heterocycles. The monoisotopic (exact) mass is 587 g/mol. The Hall–Kier alpha value is -4.43. The molecule has 2 aromatic carbocycles. The molecule has 1 aliphatic heterocycles. The van der Waals surface area contributed by atoms with Gasteiger partial charge in [-0.05, 0) is 64.4 Å². The van der Waals surface area contributed by atoms with Gasteiger partial charge in [-0.2, -0.15) is 0 Å². The molecule has 0 radical (unpaired) electrons. The van der Waals surface area contributed by atoms with Crippen molar-refractivity contribution in [1.29, 1.82) is 0 Å². The summed E-state index contributed by atoms with van der Waals surface area (Å²) < 4.78 is 19.4. The number of esters is 2. The van der Waals surface area contributed by atoms with Crippen LogP contribution in [-0.2, 0) is 14.3 Å². The number of benzene rings is 3. The van der Waals surface area contributed by atoms with Crippen LogP contribution < -0.4 is 14.8 Å². The minimum absolute atomic E-state index is 0.0437. The smallest absolute Gasteiger partial charge is 0.338 e. The van der Waals surface area contributed by atoms with Crippen LogP contribution in [0.2, 0.25) is 0 Å². The van der Waals surface area contributed by atoms with Crippen LogP contribution in [0.3, 0.4) is 0 Å². The number of aliphatic hydroxyl groups excluding tert-OH is 1. The summed E-state index contributed by atoms with van der Waals surface area (Å²) in [6.07, 6.45) is 0. The summed E-state index contributed by atoms with van der Waals surface area (Å²) in [5, 5.41) is 8.98. The fraction of sp³-hybridized carbons (Fsp3) is 0.343. The highest BCUT2D eigenvalue weighted by molar-refractivity contribution is 6.08. The number of anilines is 1. The van der Waals surface area contributed by atoms with E-state index in [4.69, 9.17) is 19.0 Å². The SMILES string of the molecule is C=C(C)C(=O)OCCOC(=O)c1ccccc1-c1c2ccc(=[N+](CC)CC)cc-2oc2cc(N(CC)CC)ccc12.CO. The van der Waals surface area contributed by atoms with Gasteiger partial charge in [-0.1, -0.05) is 24.8 Å². The van der Waals surface area contributed by atoms with Gasteiger partial charge >= 0.3 is 11.9 Å². The molecule has 8 heteroatoms. The summed E-state index contributed by atoms with van der Waals surface area (Å²) >= 11 is 0. The standard InChI is InChI=1S/C34H39N2O5.CH4O/c1-7-35(8-2)24-15-17-28-30(21-24)41-31-22-25(36(9-3)10-4)16-18-29(31)32(28)26-13-11-12-14-27(26)34(38)40-20-19-39-33(37)23(5)6;1-2/h11-18,21-22H,5,7-10,19-20H2,1-4,6H3;2H,1H3/q+1;. The Morgan fingerprint density at radius 3 is 2.21 bits per heavy atom. The highest BCUT2D eigenvalue weighted by Crippen LogP contribution is 2.42. The number of carbonyl (C=O) groups is 2. The molecule has 0 fully saturated rings. The predicted octanol–water partition coefficient (Wildman–Crippen LogP) is 5.75. The summed E-state index contributed by atoms with van der Waals surface area (Å²) in [6, 6.07) is 19.9. The molecule has 43 heavy (non-hydrogen) atoms. The van der Waals surface area contributed by atoms with Crippen molar-refractivity contribution >= 4 is 28.6 Å². The quantitative estimate of drug-likeness (QED) is 0.0786. The number of ether oxygens (including phenoxy) is 2. The Morgan fingerprint density at radius 1 is 0.884 bits per heavy atom. The fourth-order valence-corrected chi connectivity index (χ4v) is 5.08. The van der Waals surface area contributed by atoms with E-state index in [9.17, 15) is 9.59 Å². The van der Waals surface area contributed by atoms with E-state index < -0.39 is 11.9 Å². The van der Waals surface area contributed by atoms with Gasteiger partial charge in [0.2, 0.25) is 5.36 Å². The average molecular weight is 588 g/mol. The van der Waals surface area contributed by atoms with Crippen LogP contribution in [-0.4, -0.2) is 63.5 Å². The van der Waals surface area contributed by atoms with E-state index in [1.807, 2.05) is 18.2 Å². The van der Waals surface area contributed by atoms with Crippen molar-refractivity contribution in [3.63, 3.8) is 0 Å². The van der Waals surface area contributed by atoms with Crippen LogP contribution in [0.15, 0.2) is 77.2 Å². The van der Waals surface area contributed by atoms with Gasteiger partial charge in [-0.3, -0.25) is 0 Å². The van der Waals surface area contributed by atoms with Crippen molar-refractivity contribution in [2.75, 3.05) is 51.4 Å². The summed E-state index contributed by atoms with van der Waals surface area (Å²) in [5.74, 6) is -0.266. The van der Waals surface area contributed by atoms with Crippen LogP contribution in [0.5, 0.6) is 0 Å². The normalized spacial score (nSPS) is 10.6. The number of aliphatic hydroxyl groups is 1. The predicted molar refractivity (Wildman–Crippen MR) is 172 cm³/mol. The van der Waals surface area contributed by atoms with E-state index in [2.05, 4.69) is 80.1 Å². The molecule has 0 saturated heterocycles. The minimum Gasteiger partial charge on any atom is -0.459 e. The van der Waals surface area contributed by atoms with E-state index in [-0.39, 0.29) is 13.2 Å². The van der Waals surface area contributed by atoms with Gasteiger partial charge < -0.3 is 23.9 Å². The Morgan fingerprint density at radius 2 is 1.56 bits per heavy atom. The molecule has 228 valence electrons. The van der Waals surface area contributed by atoms with Crippen LogP contribution in [0, 0.1) is 0 Å². The molecule has 2 aliphatic rings. The first-order valence-electron chi connectivity index (χ1n) is 14.7. The van der Waals surface area contributed by atoms with Crippen molar-refractivity contribution in [3.8, 4) is 22.5 Å². The van der Waals surface area contributed by atoms with Crippen molar-refractivity contribution in [2.45, 2.75) is 34.6 Å². The van der Waals surface area contributed by atoms with Crippen LogP contribution in [0.25, 0.3) is 33.4 Å². The molecule has 1 N–H and O–H groups in total. The first-order chi connectivity index (χ1) is 20.8. The maximum absolute atomic E-state index is 13.3. The van der Waals surface area contributed by atoms with Gasteiger partial charge in [0.25, 0.3) is 0 Å². The number of rotatable bonds is 11. The zero-order valence-corrected chi connectivity index (χ0v) is 26.1. The van der Waals surface area contributed by atoms with Crippen molar-refractivity contribution in [2.24, 2.45) is 0 Å². The second-order valence-corrected chi connectivity index (χ2v) is 9.78. The largest absolute Gasteiger partial charge is 0.459 e. The van der Waals surface area contributed by atoms with Crippen molar-refractivity contribution in [3.05, 3.63) is 83.7 Å². The second-order valence-electron chi connectivity index (χ2n) is 9.78. The first-order valence-corrected chi connectivity index (χ1v) is 14.7. The topological polar surface area (TPSA) is 92.2 Å². The van der Waals surface area contributed by atoms with Gasteiger partial charge in [0.05, 0.1) is 11.6 Å². The molecule has 8 nitrogen and oxygen atoms in total. The van der Waals surface area contributed by atoms with Crippen LogP contribution in [0.4, 0.5) is 5.69 Å². The van der Waals surface area contributed by atoms with E-state index in [1.165, 1.54) is 0 Å². The number of fused-ring (bicyclic) bond motifs is 2. The molecule has 0 amide bonds. The Balaban J connectivity index is 0.00000248. The lowest BCUT2D eigenvalue weighted by Gasteiger charge is -2.22. The Labute approximate surface area is 253 Å². The van der Waals surface area contributed by atoms with Gasteiger partial charge in [-0.25, -0.2) is 14.2 Å². The van der Waals surface area contributed by atoms with Gasteiger partial charge in [-0.15, -0.1) is 0 Å². The van der Waals surface area contributed by atoms with Gasteiger partial charge in [0.15, 0.2) is 0 Å². The van der Waals surface area contributed by atoms with Crippen LogP contribution in [0.1, 0.15) is 45.0 Å². The molecular weight excluding hydrogens is 544 g/mol. The number of hydrogen-bond acceptors (Lipinski definition) is 7. The summed E-state index contributed by atoms with van der Waals surface area (Å²) in [6.45, 7) is 17.1. The third kappa shape index (κ3) is 7.51. The summed E-state index contributed by atoms with van der Waals surface area (Å²) in [4.78, 5) is 27.3. The zero-order chi connectivity index (χ0) is 31.5. The molecule has 0 saturated carbocycles. The molecule has 1 aliphatic carbocycles. The zero-order valence-electron chi connectivity index (χ0n) is 26.1. The molecule has 0 atom stereocenters. The van der Waals surface area contributed by atoms with Crippen LogP contribution >= 0.6 is 0 Å².